The van der Waals surface area contributed by atoms with Crippen LogP contribution < -0.4 is 5.73 Å². The van der Waals surface area contributed by atoms with Gasteiger partial charge in [-0.2, -0.15) is 0 Å². The van der Waals surface area contributed by atoms with Crippen molar-refractivity contribution in [3.8, 4) is 0 Å². The third-order valence-corrected chi connectivity index (χ3v) is 3.79. The number of amides is 1. The lowest BCUT2D eigenvalue weighted by atomic mass is 10.1. The number of benzene rings is 3. The molecule has 4 rings (SSSR count). The van der Waals surface area contributed by atoms with Crippen molar-refractivity contribution in [2.24, 2.45) is 5.73 Å². The first-order chi connectivity index (χ1) is 12.0. The number of nitrogens with one attached hydrogen (secondary N) is 1. The molecule has 1 heterocycles. The van der Waals surface area contributed by atoms with Crippen LogP contribution in [0, 0.1) is 0 Å². The summed E-state index contributed by atoms with van der Waals surface area (Å²) >= 11 is 0. The highest BCUT2D eigenvalue weighted by molar-refractivity contribution is 5.97. The summed E-state index contributed by atoms with van der Waals surface area (Å²) in [5.41, 5.74) is 6.81. The minimum Gasteiger partial charge on any atom is -0.477 e. The molecule has 4 aromatic rings. The Bertz CT molecular complexity index is 1030. The van der Waals surface area contributed by atoms with Crippen molar-refractivity contribution in [3.63, 3.8) is 0 Å². The van der Waals surface area contributed by atoms with Crippen LogP contribution in [0.3, 0.4) is 0 Å². The summed E-state index contributed by atoms with van der Waals surface area (Å²) in [6.45, 7) is 0. The van der Waals surface area contributed by atoms with E-state index in [1.807, 2.05) is 54.6 Å². The molecular formula is C20H16N2O3. The number of carbonyl (C=O) groups excluding carboxylic acids is 1. The van der Waals surface area contributed by atoms with Crippen LogP contribution in [-0.2, 0) is 0 Å². The second-order valence-corrected chi connectivity index (χ2v) is 5.50. The standard InChI is InChI=1S/C11H9NO.C9H7NO2/c12-11(13)10-6-5-8-3-1-2-4-9(8)7-10;11-9(12)8-5-6-3-1-2-4-7(6)10-8/h1-7H,(H2,12,13);1-5,10H,(H,11,12). The molecule has 5 heteroatoms. The van der Waals surface area contributed by atoms with Gasteiger partial charge in [0.2, 0.25) is 5.91 Å². The molecule has 0 bridgehead atoms. The SMILES string of the molecule is NC(=O)c1ccc2ccccc2c1.O=C(O)c1cc2ccccc2[nH]1. The van der Waals surface area contributed by atoms with E-state index in [1.165, 1.54) is 0 Å². The number of primary amides is 1. The van der Waals surface area contributed by atoms with Crippen LogP contribution in [-0.4, -0.2) is 22.0 Å². The van der Waals surface area contributed by atoms with E-state index in [0.717, 1.165) is 21.7 Å². The Labute approximate surface area is 143 Å². The van der Waals surface area contributed by atoms with Gasteiger partial charge >= 0.3 is 5.97 Å². The molecule has 4 N–H and O–H groups in total. The maximum absolute atomic E-state index is 10.9. The van der Waals surface area contributed by atoms with Gasteiger partial charge in [0.15, 0.2) is 0 Å². The quantitative estimate of drug-likeness (QED) is 0.521. The summed E-state index contributed by atoms with van der Waals surface area (Å²) < 4.78 is 0. The van der Waals surface area contributed by atoms with Gasteiger partial charge in [-0.05, 0) is 35.0 Å². The van der Waals surface area contributed by atoms with Gasteiger partial charge in [-0.3, -0.25) is 4.79 Å². The Kier molecular flexibility index (Phi) is 4.48. The van der Waals surface area contributed by atoms with Crippen LogP contribution in [0.4, 0.5) is 0 Å². The average molecular weight is 332 g/mol. The number of aromatic amines is 1. The van der Waals surface area contributed by atoms with Crippen molar-refractivity contribution in [2.75, 3.05) is 0 Å². The number of para-hydroxylation sites is 1. The Morgan fingerprint density at radius 1 is 0.800 bits per heavy atom. The largest absolute Gasteiger partial charge is 0.477 e. The topological polar surface area (TPSA) is 96.2 Å². The molecule has 0 aliphatic rings. The Balaban J connectivity index is 0.000000146. The molecule has 0 unspecified atom stereocenters. The zero-order valence-corrected chi connectivity index (χ0v) is 13.3. The summed E-state index contributed by atoms with van der Waals surface area (Å²) in [7, 11) is 0. The number of carbonyl (C=O) groups is 2. The summed E-state index contributed by atoms with van der Waals surface area (Å²) in [4.78, 5) is 24.2. The van der Waals surface area contributed by atoms with E-state index in [0.29, 0.717) is 5.56 Å². The summed E-state index contributed by atoms with van der Waals surface area (Å²) in [6, 6.07) is 22.4. The molecule has 0 aliphatic heterocycles. The van der Waals surface area contributed by atoms with Crippen LogP contribution in [0.2, 0.25) is 0 Å². The first-order valence-corrected chi connectivity index (χ1v) is 7.64. The number of hydrogen-bond acceptors (Lipinski definition) is 2. The van der Waals surface area contributed by atoms with Crippen LogP contribution in [0.25, 0.3) is 21.7 Å². The third-order valence-electron chi connectivity index (χ3n) is 3.79. The monoisotopic (exact) mass is 332 g/mol. The van der Waals surface area contributed by atoms with Gasteiger partial charge < -0.3 is 15.8 Å². The average Bonchev–Trinajstić information content (AvgIpc) is 3.06. The molecule has 0 fully saturated rings. The van der Waals surface area contributed by atoms with Crippen molar-refractivity contribution in [1.29, 1.82) is 0 Å². The molecule has 0 saturated carbocycles. The highest BCUT2D eigenvalue weighted by Crippen LogP contribution is 2.15. The number of aromatic carboxylic acids is 1. The van der Waals surface area contributed by atoms with Crippen molar-refractivity contribution < 1.29 is 14.7 Å². The van der Waals surface area contributed by atoms with Gasteiger partial charge in [-0.25, -0.2) is 4.79 Å². The molecule has 0 radical (unpaired) electrons. The maximum Gasteiger partial charge on any atom is 0.352 e. The van der Waals surface area contributed by atoms with Crippen LogP contribution >= 0.6 is 0 Å². The zero-order valence-electron chi connectivity index (χ0n) is 13.3. The molecule has 0 atom stereocenters. The lowest BCUT2D eigenvalue weighted by Gasteiger charge is -1.98. The van der Waals surface area contributed by atoms with E-state index in [1.54, 1.807) is 18.2 Å². The molecular weight excluding hydrogens is 316 g/mol. The highest BCUT2D eigenvalue weighted by atomic mass is 16.4. The lowest BCUT2D eigenvalue weighted by molar-refractivity contribution is 0.0691. The third kappa shape index (κ3) is 3.67. The first-order valence-electron chi connectivity index (χ1n) is 7.64. The van der Waals surface area contributed by atoms with E-state index in [4.69, 9.17) is 10.8 Å². The van der Waals surface area contributed by atoms with Crippen molar-refractivity contribution >= 4 is 33.6 Å². The number of hydrogen-bond donors (Lipinski definition) is 3. The van der Waals surface area contributed by atoms with Gasteiger partial charge in [-0.1, -0.05) is 48.5 Å². The number of rotatable bonds is 2. The second-order valence-electron chi connectivity index (χ2n) is 5.50. The summed E-state index contributed by atoms with van der Waals surface area (Å²) in [6.07, 6.45) is 0. The van der Waals surface area contributed by atoms with Crippen LogP contribution in [0.5, 0.6) is 0 Å². The van der Waals surface area contributed by atoms with Gasteiger partial charge in [0.05, 0.1) is 0 Å². The van der Waals surface area contributed by atoms with Crippen LogP contribution in [0.15, 0.2) is 72.8 Å². The minimum atomic E-state index is -0.925. The number of aromatic nitrogens is 1. The summed E-state index contributed by atoms with van der Waals surface area (Å²) in [5.74, 6) is -1.31. The number of fused-ring (bicyclic) bond motifs is 2. The lowest BCUT2D eigenvalue weighted by Crippen LogP contribution is -2.10. The minimum absolute atomic E-state index is 0.233. The van der Waals surface area contributed by atoms with Crippen molar-refractivity contribution in [1.82, 2.24) is 4.98 Å². The molecule has 0 saturated heterocycles. The van der Waals surface area contributed by atoms with Crippen molar-refractivity contribution in [2.45, 2.75) is 0 Å². The smallest absolute Gasteiger partial charge is 0.352 e. The molecule has 0 spiro atoms. The van der Waals surface area contributed by atoms with E-state index < -0.39 is 5.97 Å². The summed E-state index contributed by atoms with van der Waals surface area (Å²) in [5, 5.41) is 11.7. The molecule has 5 nitrogen and oxygen atoms in total. The molecule has 1 amide bonds. The molecule has 25 heavy (non-hydrogen) atoms. The number of nitrogens with two attached hydrogens (primary N) is 1. The van der Waals surface area contributed by atoms with Crippen LogP contribution in [0.1, 0.15) is 20.8 Å². The fourth-order valence-corrected chi connectivity index (χ4v) is 2.53. The Morgan fingerprint density at radius 2 is 1.44 bits per heavy atom. The van der Waals surface area contributed by atoms with E-state index in [-0.39, 0.29) is 11.6 Å². The van der Waals surface area contributed by atoms with E-state index >= 15 is 0 Å². The Hall–Kier alpha value is -3.60. The number of H-pyrrole nitrogens is 1. The van der Waals surface area contributed by atoms with Crippen molar-refractivity contribution in [3.05, 3.63) is 84.1 Å². The van der Waals surface area contributed by atoms with Gasteiger partial charge in [0.1, 0.15) is 5.69 Å². The number of carboxylic acid groups (broad SMARTS) is 1. The van der Waals surface area contributed by atoms with Gasteiger partial charge in [-0.15, -0.1) is 0 Å². The zero-order chi connectivity index (χ0) is 17.8. The van der Waals surface area contributed by atoms with E-state index in [9.17, 15) is 9.59 Å². The molecule has 124 valence electrons. The molecule has 1 aromatic heterocycles. The van der Waals surface area contributed by atoms with Gasteiger partial charge in [0.25, 0.3) is 0 Å². The van der Waals surface area contributed by atoms with Gasteiger partial charge in [0, 0.05) is 16.5 Å². The fourth-order valence-electron chi connectivity index (χ4n) is 2.53. The normalized spacial score (nSPS) is 10.2. The van der Waals surface area contributed by atoms with E-state index in [2.05, 4.69) is 4.98 Å². The fraction of sp³-hybridized carbons (Fsp3) is 0. The number of carboxylic acids is 1. The maximum atomic E-state index is 10.9. The predicted molar refractivity (Wildman–Crippen MR) is 97.7 cm³/mol. The highest BCUT2D eigenvalue weighted by Gasteiger charge is 2.05. The predicted octanol–water partition coefficient (Wildman–Crippen LogP) is 3.80. The molecule has 3 aromatic carbocycles. The first kappa shape index (κ1) is 16.3. The second kappa shape index (κ2) is 6.88. The Morgan fingerprint density at radius 3 is 2.08 bits per heavy atom. The molecule has 0 aliphatic carbocycles.